The van der Waals surface area contributed by atoms with Crippen LogP contribution in [0.25, 0.3) is 0 Å². The Morgan fingerprint density at radius 3 is 2.86 bits per heavy atom. The van der Waals surface area contributed by atoms with E-state index in [1.165, 1.54) is 18.4 Å². The molecule has 1 aromatic carbocycles. The van der Waals surface area contributed by atoms with Gasteiger partial charge in [-0.05, 0) is 31.7 Å². The quantitative estimate of drug-likeness (QED) is 0.420. The summed E-state index contributed by atoms with van der Waals surface area (Å²) in [7, 11) is 1.81. The number of ether oxygens (including phenoxy) is 1. The van der Waals surface area contributed by atoms with Gasteiger partial charge in [-0.15, -0.1) is 0 Å². The second kappa shape index (κ2) is 8.46. The van der Waals surface area contributed by atoms with E-state index in [1.54, 1.807) is 18.6 Å². The van der Waals surface area contributed by atoms with Gasteiger partial charge in [0.2, 0.25) is 0 Å². The lowest BCUT2D eigenvalue weighted by molar-refractivity contribution is 0.0396. The molecule has 148 valence electrons. The highest BCUT2D eigenvalue weighted by molar-refractivity contribution is 5.80. The fourth-order valence-electron chi connectivity index (χ4n) is 4.19. The molecule has 3 N–H and O–H groups in total. The summed E-state index contributed by atoms with van der Waals surface area (Å²) >= 11 is 0. The summed E-state index contributed by atoms with van der Waals surface area (Å²) in [6.45, 7) is 1.46. The summed E-state index contributed by atoms with van der Waals surface area (Å²) < 4.78 is 6.45. The summed E-state index contributed by atoms with van der Waals surface area (Å²) in [6, 6.07) is 8.56. The summed E-state index contributed by atoms with van der Waals surface area (Å²) in [5.41, 5.74) is 1.18. The Hall–Kier alpha value is -2.83. The molecule has 0 radical (unpaired) electrons. The number of fused-ring (bicyclic) bond motifs is 1. The number of guanidine groups is 1. The highest BCUT2D eigenvalue weighted by atomic mass is 16.5. The molecule has 1 aliphatic heterocycles. The van der Waals surface area contributed by atoms with Crippen LogP contribution in [0, 0.1) is 0 Å². The maximum absolute atomic E-state index is 6.45. The number of hydrogen-bond acceptors (Lipinski definition) is 5. The maximum atomic E-state index is 6.45. The minimum atomic E-state index is -0.0294. The molecule has 7 nitrogen and oxygen atoms in total. The Labute approximate surface area is 166 Å². The van der Waals surface area contributed by atoms with Gasteiger partial charge in [-0.1, -0.05) is 18.2 Å². The van der Waals surface area contributed by atoms with E-state index in [9.17, 15) is 0 Å². The van der Waals surface area contributed by atoms with Crippen LogP contribution in [0.1, 0.15) is 43.7 Å². The van der Waals surface area contributed by atoms with E-state index in [2.05, 4.69) is 55.2 Å². The number of nitrogens with zero attached hydrogens (tertiary/aromatic N) is 3. The molecule has 2 heterocycles. The molecule has 7 heteroatoms. The molecule has 28 heavy (non-hydrogen) atoms. The molecule has 2 aliphatic rings. The summed E-state index contributed by atoms with van der Waals surface area (Å²) in [6.07, 6.45) is 10.8. The van der Waals surface area contributed by atoms with Crippen LogP contribution < -0.4 is 20.7 Å². The van der Waals surface area contributed by atoms with Crippen molar-refractivity contribution < 1.29 is 4.74 Å². The number of hydrogen-bond donors (Lipinski definition) is 3. The van der Waals surface area contributed by atoms with Crippen LogP contribution >= 0.6 is 0 Å². The van der Waals surface area contributed by atoms with Crippen molar-refractivity contribution in [3.05, 3.63) is 48.4 Å². The lowest BCUT2D eigenvalue weighted by Gasteiger charge is -2.40. The van der Waals surface area contributed by atoms with Crippen molar-refractivity contribution in [1.82, 2.24) is 20.6 Å². The molecule has 1 unspecified atom stereocenters. The van der Waals surface area contributed by atoms with Crippen LogP contribution in [0.3, 0.4) is 0 Å². The molecule has 0 saturated heterocycles. The van der Waals surface area contributed by atoms with Crippen LogP contribution in [-0.4, -0.2) is 41.7 Å². The zero-order chi connectivity index (χ0) is 19.2. The molecular formula is C21H28N6O. The van der Waals surface area contributed by atoms with E-state index in [1.807, 2.05) is 7.05 Å². The predicted molar refractivity (Wildman–Crippen MR) is 111 cm³/mol. The number of rotatable bonds is 5. The molecule has 0 amide bonds. The Morgan fingerprint density at radius 2 is 2.07 bits per heavy atom. The van der Waals surface area contributed by atoms with E-state index in [0.29, 0.717) is 0 Å². The van der Waals surface area contributed by atoms with Gasteiger partial charge in [0, 0.05) is 44.5 Å². The monoisotopic (exact) mass is 380 g/mol. The van der Waals surface area contributed by atoms with Crippen molar-refractivity contribution in [2.45, 2.75) is 43.7 Å². The molecular weight excluding hydrogens is 352 g/mol. The van der Waals surface area contributed by atoms with Gasteiger partial charge >= 0.3 is 0 Å². The average Bonchev–Trinajstić information content (AvgIpc) is 3.18. The molecule has 1 atom stereocenters. The molecule has 4 rings (SSSR count). The molecule has 1 fully saturated rings. The van der Waals surface area contributed by atoms with E-state index >= 15 is 0 Å². The molecule has 2 aromatic rings. The van der Waals surface area contributed by atoms with Crippen molar-refractivity contribution in [2.75, 3.05) is 25.5 Å². The van der Waals surface area contributed by atoms with Crippen molar-refractivity contribution >= 4 is 11.8 Å². The Morgan fingerprint density at radius 1 is 1.21 bits per heavy atom. The zero-order valence-electron chi connectivity index (χ0n) is 16.3. The van der Waals surface area contributed by atoms with Crippen LogP contribution in [0.5, 0.6) is 5.75 Å². The lowest BCUT2D eigenvalue weighted by atomic mass is 9.86. The minimum Gasteiger partial charge on any atom is -0.487 e. The Balaban J connectivity index is 1.37. The number of para-hydroxylation sites is 1. The largest absolute Gasteiger partial charge is 0.487 e. The minimum absolute atomic E-state index is 0.0294. The summed E-state index contributed by atoms with van der Waals surface area (Å²) in [4.78, 5) is 12.7. The Kier molecular flexibility index (Phi) is 5.60. The van der Waals surface area contributed by atoms with Gasteiger partial charge in [-0.25, -0.2) is 4.98 Å². The first-order chi connectivity index (χ1) is 13.8. The van der Waals surface area contributed by atoms with Gasteiger partial charge in [0.1, 0.15) is 17.2 Å². The molecule has 1 aliphatic carbocycles. The van der Waals surface area contributed by atoms with Gasteiger partial charge in [0.25, 0.3) is 0 Å². The fourth-order valence-corrected chi connectivity index (χ4v) is 4.19. The SMILES string of the molecule is CN=C(NCCNc1cnccn1)NC1CC2(CCCC2)Oc2ccccc21. The first-order valence-electron chi connectivity index (χ1n) is 10.0. The van der Waals surface area contributed by atoms with Gasteiger partial charge in [-0.2, -0.15) is 0 Å². The van der Waals surface area contributed by atoms with Gasteiger partial charge < -0.3 is 20.7 Å². The Bertz CT molecular complexity index is 804. The van der Waals surface area contributed by atoms with E-state index in [-0.39, 0.29) is 11.6 Å². The van der Waals surface area contributed by atoms with Crippen LogP contribution in [0.2, 0.25) is 0 Å². The standard InChI is InChI=1S/C21H28N6O/c1-22-20(26-13-12-25-19-15-23-10-11-24-19)27-17-14-21(8-4-5-9-21)28-18-7-3-2-6-16(17)18/h2-3,6-7,10-11,15,17H,4-5,8-9,12-14H2,1H3,(H,24,25)(H2,22,26,27). The third kappa shape index (κ3) is 4.18. The fraction of sp³-hybridized carbons (Fsp3) is 0.476. The average molecular weight is 380 g/mol. The van der Waals surface area contributed by atoms with Crippen molar-refractivity contribution in [3.8, 4) is 5.75 Å². The van der Waals surface area contributed by atoms with Gasteiger partial charge in [0.15, 0.2) is 5.96 Å². The van der Waals surface area contributed by atoms with Crippen molar-refractivity contribution in [3.63, 3.8) is 0 Å². The van der Waals surface area contributed by atoms with Gasteiger partial charge in [0.05, 0.1) is 12.2 Å². The third-order valence-corrected chi connectivity index (χ3v) is 5.53. The second-order valence-corrected chi connectivity index (χ2v) is 7.45. The normalized spacial score (nSPS) is 20.3. The number of nitrogens with one attached hydrogen (secondary N) is 3. The van der Waals surface area contributed by atoms with E-state index in [4.69, 9.17) is 4.74 Å². The zero-order valence-corrected chi connectivity index (χ0v) is 16.3. The van der Waals surface area contributed by atoms with Crippen LogP contribution in [0.15, 0.2) is 47.8 Å². The first kappa shape index (κ1) is 18.5. The van der Waals surface area contributed by atoms with Gasteiger partial charge in [-0.3, -0.25) is 9.98 Å². The summed E-state index contributed by atoms with van der Waals surface area (Å²) in [5.74, 6) is 2.58. The highest BCUT2D eigenvalue weighted by Crippen LogP contribution is 2.46. The van der Waals surface area contributed by atoms with Crippen molar-refractivity contribution in [1.29, 1.82) is 0 Å². The number of aromatic nitrogens is 2. The van der Waals surface area contributed by atoms with E-state index in [0.717, 1.165) is 49.9 Å². The van der Waals surface area contributed by atoms with Crippen molar-refractivity contribution in [2.24, 2.45) is 4.99 Å². The smallest absolute Gasteiger partial charge is 0.191 e. The third-order valence-electron chi connectivity index (χ3n) is 5.53. The van der Waals surface area contributed by atoms with Crippen LogP contribution in [0.4, 0.5) is 5.82 Å². The molecule has 1 saturated carbocycles. The predicted octanol–water partition coefficient (Wildman–Crippen LogP) is 2.89. The first-order valence-corrected chi connectivity index (χ1v) is 10.0. The maximum Gasteiger partial charge on any atom is 0.191 e. The number of anilines is 1. The molecule has 1 spiro atoms. The summed E-state index contributed by atoms with van der Waals surface area (Å²) in [5, 5.41) is 10.2. The number of benzene rings is 1. The van der Waals surface area contributed by atoms with Crippen LogP contribution in [-0.2, 0) is 0 Å². The lowest BCUT2D eigenvalue weighted by Crippen LogP contribution is -2.47. The molecule has 1 aromatic heterocycles. The number of aliphatic imine (C=N–C) groups is 1. The van der Waals surface area contributed by atoms with E-state index < -0.39 is 0 Å². The molecule has 0 bridgehead atoms. The highest BCUT2D eigenvalue weighted by Gasteiger charge is 2.43. The topological polar surface area (TPSA) is 83.5 Å². The second-order valence-electron chi connectivity index (χ2n) is 7.45.